The van der Waals surface area contributed by atoms with Gasteiger partial charge in [0.2, 0.25) is 0 Å². The number of aliphatic hydroxyl groups is 1. The number of rotatable bonds is 6. The van der Waals surface area contributed by atoms with E-state index in [0.29, 0.717) is 6.04 Å². The molecule has 0 saturated carbocycles. The summed E-state index contributed by atoms with van der Waals surface area (Å²) < 4.78 is 0. The van der Waals surface area contributed by atoms with E-state index in [2.05, 4.69) is 39.9 Å². The van der Waals surface area contributed by atoms with Crippen LogP contribution in [0.3, 0.4) is 0 Å². The Balaban J connectivity index is 4.01. The van der Waals surface area contributed by atoms with E-state index < -0.39 is 0 Å². The van der Waals surface area contributed by atoms with Crippen LogP contribution in [0.4, 0.5) is 0 Å². The SMILES string of the molecule is CCC(CC)NC(CO)CC(C)(C)C. The van der Waals surface area contributed by atoms with Crippen molar-refractivity contribution in [3.05, 3.63) is 0 Å². The molecule has 0 amide bonds. The van der Waals surface area contributed by atoms with E-state index in [1.165, 1.54) is 0 Å². The van der Waals surface area contributed by atoms with Crippen LogP contribution in [-0.2, 0) is 0 Å². The van der Waals surface area contributed by atoms with Crippen LogP contribution < -0.4 is 5.32 Å². The fourth-order valence-electron chi connectivity index (χ4n) is 1.77. The van der Waals surface area contributed by atoms with Crippen LogP contribution in [0.15, 0.2) is 0 Å². The first-order valence-electron chi connectivity index (χ1n) is 5.79. The minimum Gasteiger partial charge on any atom is -0.395 e. The predicted octanol–water partition coefficient (Wildman–Crippen LogP) is 2.56. The van der Waals surface area contributed by atoms with Crippen LogP contribution in [0, 0.1) is 5.41 Å². The first kappa shape index (κ1) is 13.9. The average Bonchev–Trinajstić information content (AvgIpc) is 2.10. The van der Waals surface area contributed by atoms with E-state index in [-0.39, 0.29) is 18.1 Å². The van der Waals surface area contributed by atoms with E-state index in [4.69, 9.17) is 0 Å². The summed E-state index contributed by atoms with van der Waals surface area (Å²) in [7, 11) is 0. The van der Waals surface area contributed by atoms with Crippen molar-refractivity contribution >= 4 is 0 Å². The molecule has 0 aromatic rings. The maximum atomic E-state index is 9.27. The van der Waals surface area contributed by atoms with Crippen LogP contribution in [0.2, 0.25) is 0 Å². The van der Waals surface area contributed by atoms with E-state index in [0.717, 1.165) is 19.3 Å². The monoisotopic (exact) mass is 201 g/mol. The van der Waals surface area contributed by atoms with Gasteiger partial charge in [-0.25, -0.2) is 0 Å². The van der Waals surface area contributed by atoms with Crippen molar-refractivity contribution in [3.63, 3.8) is 0 Å². The Morgan fingerprint density at radius 1 is 1.07 bits per heavy atom. The molecule has 0 heterocycles. The van der Waals surface area contributed by atoms with Gasteiger partial charge in [-0.05, 0) is 24.7 Å². The molecule has 2 heteroatoms. The summed E-state index contributed by atoms with van der Waals surface area (Å²) in [5.41, 5.74) is 0.284. The largest absolute Gasteiger partial charge is 0.395 e. The van der Waals surface area contributed by atoms with Crippen molar-refractivity contribution in [2.75, 3.05) is 6.61 Å². The second-order valence-electron chi connectivity index (χ2n) is 5.32. The molecule has 0 aliphatic heterocycles. The molecule has 2 nitrogen and oxygen atoms in total. The zero-order chi connectivity index (χ0) is 11.2. The van der Waals surface area contributed by atoms with E-state index in [1.54, 1.807) is 0 Å². The molecule has 0 aliphatic carbocycles. The van der Waals surface area contributed by atoms with Crippen LogP contribution in [-0.4, -0.2) is 23.8 Å². The highest BCUT2D eigenvalue weighted by Gasteiger charge is 2.19. The van der Waals surface area contributed by atoms with Gasteiger partial charge in [-0.3, -0.25) is 0 Å². The van der Waals surface area contributed by atoms with Crippen molar-refractivity contribution in [2.24, 2.45) is 5.41 Å². The Hall–Kier alpha value is -0.0800. The lowest BCUT2D eigenvalue weighted by Gasteiger charge is -2.28. The van der Waals surface area contributed by atoms with Crippen LogP contribution in [0.1, 0.15) is 53.9 Å². The fraction of sp³-hybridized carbons (Fsp3) is 1.00. The lowest BCUT2D eigenvalue weighted by Crippen LogP contribution is -2.42. The minimum atomic E-state index is 0.244. The van der Waals surface area contributed by atoms with Crippen LogP contribution in [0.5, 0.6) is 0 Å². The quantitative estimate of drug-likeness (QED) is 0.692. The molecular weight excluding hydrogens is 174 g/mol. The fourth-order valence-corrected chi connectivity index (χ4v) is 1.77. The topological polar surface area (TPSA) is 32.3 Å². The molecule has 0 spiro atoms. The number of hydrogen-bond donors (Lipinski definition) is 2. The molecule has 0 saturated heterocycles. The van der Waals surface area contributed by atoms with Gasteiger partial charge >= 0.3 is 0 Å². The highest BCUT2D eigenvalue weighted by molar-refractivity contribution is 4.77. The minimum absolute atomic E-state index is 0.244. The lowest BCUT2D eigenvalue weighted by molar-refractivity contribution is 0.186. The summed E-state index contributed by atoms with van der Waals surface area (Å²) in [6.45, 7) is 11.3. The van der Waals surface area contributed by atoms with Crippen molar-refractivity contribution in [1.82, 2.24) is 5.32 Å². The molecule has 1 unspecified atom stereocenters. The molecule has 0 radical (unpaired) electrons. The van der Waals surface area contributed by atoms with E-state index in [9.17, 15) is 5.11 Å². The zero-order valence-electron chi connectivity index (χ0n) is 10.4. The van der Waals surface area contributed by atoms with Gasteiger partial charge in [0.05, 0.1) is 6.61 Å². The summed E-state index contributed by atoms with van der Waals surface area (Å²) in [6.07, 6.45) is 3.30. The summed E-state index contributed by atoms with van der Waals surface area (Å²) >= 11 is 0. The first-order valence-corrected chi connectivity index (χ1v) is 5.79. The Morgan fingerprint density at radius 3 is 1.86 bits per heavy atom. The number of hydrogen-bond acceptors (Lipinski definition) is 2. The summed E-state index contributed by atoms with van der Waals surface area (Å²) in [5.74, 6) is 0. The van der Waals surface area contributed by atoms with Gasteiger partial charge in [-0.1, -0.05) is 34.6 Å². The van der Waals surface area contributed by atoms with E-state index in [1.807, 2.05) is 0 Å². The molecule has 1 atom stereocenters. The van der Waals surface area contributed by atoms with Crippen LogP contribution in [0.25, 0.3) is 0 Å². The van der Waals surface area contributed by atoms with Crippen molar-refractivity contribution in [3.8, 4) is 0 Å². The van der Waals surface area contributed by atoms with Gasteiger partial charge < -0.3 is 10.4 Å². The maximum Gasteiger partial charge on any atom is 0.0584 e. The molecular formula is C12H27NO. The van der Waals surface area contributed by atoms with Crippen molar-refractivity contribution in [2.45, 2.75) is 66.0 Å². The van der Waals surface area contributed by atoms with Crippen LogP contribution >= 0.6 is 0 Å². The molecule has 14 heavy (non-hydrogen) atoms. The molecule has 2 N–H and O–H groups in total. The second-order valence-corrected chi connectivity index (χ2v) is 5.32. The molecule has 0 aromatic carbocycles. The normalized spacial score (nSPS) is 14.8. The number of nitrogens with one attached hydrogen (secondary N) is 1. The van der Waals surface area contributed by atoms with Crippen molar-refractivity contribution in [1.29, 1.82) is 0 Å². The Kier molecular flexibility index (Phi) is 6.38. The third-order valence-electron chi connectivity index (χ3n) is 2.54. The van der Waals surface area contributed by atoms with Gasteiger partial charge in [-0.15, -0.1) is 0 Å². The molecule has 0 aliphatic rings. The average molecular weight is 201 g/mol. The maximum absolute atomic E-state index is 9.27. The Labute approximate surface area is 89.1 Å². The second kappa shape index (κ2) is 6.41. The molecule has 86 valence electrons. The third kappa shape index (κ3) is 6.39. The Morgan fingerprint density at radius 2 is 1.57 bits per heavy atom. The highest BCUT2D eigenvalue weighted by Crippen LogP contribution is 2.21. The first-order chi connectivity index (χ1) is 6.42. The van der Waals surface area contributed by atoms with E-state index >= 15 is 0 Å². The third-order valence-corrected chi connectivity index (χ3v) is 2.54. The zero-order valence-corrected chi connectivity index (χ0v) is 10.4. The summed E-state index contributed by atoms with van der Waals surface area (Å²) in [5, 5.41) is 12.8. The smallest absolute Gasteiger partial charge is 0.0584 e. The Bertz CT molecular complexity index is 136. The van der Waals surface area contributed by atoms with Gasteiger partial charge in [0.25, 0.3) is 0 Å². The highest BCUT2D eigenvalue weighted by atomic mass is 16.3. The van der Waals surface area contributed by atoms with Gasteiger partial charge in [0, 0.05) is 12.1 Å². The van der Waals surface area contributed by atoms with Gasteiger partial charge in [0.15, 0.2) is 0 Å². The van der Waals surface area contributed by atoms with Crippen molar-refractivity contribution < 1.29 is 5.11 Å². The van der Waals surface area contributed by atoms with Gasteiger partial charge in [-0.2, -0.15) is 0 Å². The van der Waals surface area contributed by atoms with Gasteiger partial charge in [0.1, 0.15) is 0 Å². The predicted molar refractivity (Wildman–Crippen MR) is 62.5 cm³/mol. The molecule has 0 fully saturated rings. The molecule has 0 rings (SSSR count). The molecule has 0 bridgehead atoms. The summed E-state index contributed by atoms with van der Waals surface area (Å²) in [6, 6.07) is 0.800. The standard InChI is InChI=1S/C12H27NO/c1-6-10(7-2)13-11(9-14)8-12(3,4)5/h10-11,13-14H,6-9H2,1-5H3. The summed E-state index contributed by atoms with van der Waals surface area (Å²) in [4.78, 5) is 0. The number of aliphatic hydroxyl groups excluding tert-OH is 1. The lowest BCUT2D eigenvalue weighted by atomic mass is 9.88. The molecule has 0 aromatic heterocycles.